The summed E-state index contributed by atoms with van der Waals surface area (Å²) < 4.78 is 0. The van der Waals surface area contributed by atoms with Crippen molar-refractivity contribution in [3.05, 3.63) is 102 Å². The molecule has 0 saturated carbocycles. The minimum absolute atomic E-state index is 0.215. The zero-order valence-corrected chi connectivity index (χ0v) is 15.9. The van der Waals surface area contributed by atoms with Crippen LogP contribution in [-0.2, 0) is 0 Å². The fourth-order valence-electron chi connectivity index (χ4n) is 3.97. The summed E-state index contributed by atoms with van der Waals surface area (Å²) in [5.74, 6) is 0.992. The molecule has 1 aliphatic carbocycles. The molecule has 0 amide bonds. The molecule has 1 heterocycles. The Morgan fingerprint density at radius 1 is 0.815 bits per heavy atom. The lowest BCUT2D eigenvalue weighted by atomic mass is 9.92. The fourth-order valence-corrected chi connectivity index (χ4v) is 3.97. The number of hydrogen-bond acceptors (Lipinski definition) is 1. The van der Waals surface area contributed by atoms with Crippen molar-refractivity contribution in [2.24, 2.45) is 4.99 Å². The molecule has 0 spiro atoms. The fraction of sp³-hybridized carbons (Fsp3) is 0.208. The van der Waals surface area contributed by atoms with Gasteiger partial charge in [0.25, 0.3) is 0 Å². The Balaban J connectivity index is 1.79. The standard InChI is InChI=1S/C24H25N3/c1-26-22(19-13-7-3-4-8-14-19)23(20-15-9-5-10-16-20)27(2)24(26)25-21-17-11-6-12-18-21/h3-7,9-18,22-23H,8H2,1-2H3. The monoisotopic (exact) mass is 355 g/mol. The average molecular weight is 355 g/mol. The smallest absolute Gasteiger partial charge is 0.202 e. The predicted molar refractivity (Wildman–Crippen MR) is 113 cm³/mol. The largest absolute Gasteiger partial charge is 0.336 e. The van der Waals surface area contributed by atoms with Crippen LogP contribution in [0.2, 0.25) is 0 Å². The van der Waals surface area contributed by atoms with E-state index in [2.05, 4.69) is 84.6 Å². The maximum atomic E-state index is 4.97. The van der Waals surface area contributed by atoms with Crippen molar-refractivity contribution in [3.63, 3.8) is 0 Å². The van der Waals surface area contributed by atoms with E-state index in [4.69, 9.17) is 4.99 Å². The van der Waals surface area contributed by atoms with Gasteiger partial charge in [-0.2, -0.15) is 0 Å². The number of hydrogen-bond donors (Lipinski definition) is 0. The molecule has 0 N–H and O–H groups in total. The summed E-state index contributed by atoms with van der Waals surface area (Å²) in [4.78, 5) is 9.58. The summed E-state index contributed by atoms with van der Waals surface area (Å²) in [5.41, 5.74) is 3.62. The SMILES string of the molecule is CN1C(=Nc2ccccc2)N(C)C(c2ccccc2)C1C1=CCC=CC=C1. The van der Waals surface area contributed by atoms with E-state index in [0.29, 0.717) is 0 Å². The topological polar surface area (TPSA) is 18.8 Å². The van der Waals surface area contributed by atoms with Crippen LogP contribution in [0.1, 0.15) is 18.0 Å². The van der Waals surface area contributed by atoms with Crippen LogP contribution in [0.5, 0.6) is 0 Å². The summed E-state index contributed by atoms with van der Waals surface area (Å²) in [7, 11) is 4.30. The van der Waals surface area contributed by atoms with Crippen molar-refractivity contribution in [2.45, 2.75) is 18.5 Å². The van der Waals surface area contributed by atoms with Crippen LogP contribution in [0.3, 0.4) is 0 Å². The van der Waals surface area contributed by atoms with E-state index in [1.165, 1.54) is 11.1 Å². The normalized spacial score (nSPS) is 23.6. The van der Waals surface area contributed by atoms with Gasteiger partial charge in [0.05, 0.1) is 17.8 Å². The van der Waals surface area contributed by atoms with Gasteiger partial charge in [-0.15, -0.1) is 0 Å². The number of rotatable bonds is 3. The first-order chi connectivity index (χ1) is 13.3. The molecule has 2 unspecified atom stereocenters. The third-order valence-electron chi connectivity index (χ3n) is 5.26. The van der Waals surface area contributed by atoms with Crippen LogP contribution in [-0.4, -0.2) is 35.9 Å². The number of benzene rings is 2. The second-order valence-corrected chi connectivity index (χ2v) is 7.00. The third kappa shape index (κ3) is 3.45. The molecule has 0 bridgehead atoms. The number of nitrogens with zero attached hydrogens (tertiary/aromatic N) is 3. The van der Waals surface area contributed by atoms with Gasteiger partial charge in [-0.3, -0.25) is 0 Å². The Kier molecular flexibility index (Phi) is 4.93. The van der Waals surface area contributed by atoms with Crippen molar-refractivity contribution in [3.8, 4) is 0 Å². The van der Waals surface area contributed by atoms with Crippen molar-refractivity contribution in [1.29, 1.82) is 0 Å². The molecule has 2 atom stereocenters. The summed E-state index contributed by atoms with van der Waals surface area (Å²) in [5, 5.41) is 0. The number of aliphatic imine (C=N–C) groups is 1. The molecule has 1 saturated heterocycles. The van der Waals surface area contributed by atoms with E-state index in [9.17, 15) is 0 Å². The van der Waals surface area contributed by atoms with Crippen molar-refractivity contribution >= 4 is 11.6 Å². The van der Waals surface area contributed by atoms with Crippen LogP contribution in [0.25, 0.3) is 0 Å². The molecular weight excluding hydrogens is 330 g/mol. The van der Waals surface area contributed by atoms with Gasteiger partial charge in [-0.25, -0.2) is 4.99 Å². The van der Waals surface area contributed by atoms with Crippen LogP contribution >= 0.6 is 0 Å². The molecule has 3 nitrogen and oxygen atoms in total. The van der Waals surface area contributed by atoms with E-state index in [1.54, 1.807) is 0 Å². The van der Waals surface area contributed by atoms with Gasteiger partial charge in [0, 0.05) is 14.1 Å². The van der Waals surface area contributed by atoms with Gasteiger partial charge in [0.15, 0.2) is 0 Å². The zero-order valence-electron chi connectivity index (χ0n) is 15.9. The Morgan fingerprint density at radius 3 is 2.22 bits per heavy atom. The molecular formula is C24H25N3. The molecule has 1 fully saturated rings. The highest BCUT2D eigenvalue weighted by Gasteiger charge is 2.42. The molecule has 2 aromatic carbocycles. The zero-order chi connectivity index (χ0) is 18.6. The molecule has 27 heavy (non-hydrogen) atoms. The lowest BCUT2D eigenvalue weighted by Gasteiger charge is -2.27. The first-order valence-corrected chi connectivity index (χ1v) is 9.43. The van der Waals surface area contributed by atoms with Crippen LogP contribution in [0.4, 0.5) is 5.69 Å². The van der Waals surface area contributed by atoms with Crippen molar-refractivity contribution in [1.82, 2.24) is 9.80 Å². The van der Waals surface area contributed by atoms with E-state index in [0.717, 1.165) is 18.1 Å². The Hall–Kier alpha value is -3.07. The first-order valence-electron chi connectivity index (χ1n) is 9.43. The molecule has 3 heteroatoms. The number of likely N-dealkylation sites (N-methyl/N-ethyl adjacent to an activating group) is 2. The lowest BCUT2D eigenvalue weighted by Crippen LogP contribution is -2.32. The van der Waals surface area contributed by atoms with E-state index >= 15 is 0 Å². The van der Waals surface area contributed by atoms with Crippen LogP contribution in [0, 0.1) is 0 Å². The Bertz CT molecular complexity index is 894. The highest BCUT2D eigenvalue weighted by Crippen LogP contribution is 2.38. The minimum atomic E-state index is 0.215. The Labute approximate surface area is 161 Å². The van der Waals surface area contributed by atoms with E-state index in [-0.39, 0.29) is 12.1 Å². The van der Waals surface area contributed by atoms with Gasteiger partial charge in [0.2, 0.25) is 5.96 Å². The predicted octanol–water partition coefficient (Wildman–Crippen LogP) is 5.10. The maximum Gasteiger partial charge on any atom is 0.202 e. The second kappa shape index (κ2) is 7.67. The van der Waals surface area contributed by atoms with Crippen LogP contribution in [0.15, 0.2) is 102 Å². The first kappa shape index (κ1) is 17.3. The molecule has 2 aromatic rings. The molecule has 2 aliphatic rings. The number of allylic oxidation sites excluding steroid dienone is 4. The molecule has 1 aliphatic heterocycles. The highest BCUT2D eigenvalue weighted by atomic mass is 15.5. The minimum Gasteiger partial charge on any atom is -0.336 e. The number of para-hydroxylation sites is 1. The molecule has 4 rings (SSSR count). The third-order valence-corrected chi connectivity index (χ3v) is 5.26. The van der Waals surface area contributed by atoms with Gasteiger partial charge in [-0.05, 0) is 29.7 Å². The Morgan fingerprint density at radius 2 is 1.48 bits per heavy atom. The van der Waals surface area contributed by atoms with Gasteiger partial charge >= 0.3 is 0 Å². The van der Waals surface area contributed by atoms with Gasteiger partial charge in [0.1, 0.15) is 0 Å². The summed E-state index contributed by atoms with van der Waals surface area (Å²) in [6.45, 7) is 0. The lowest BCUT2D eigenvalue weighted by molar-refractivity contribution is 0.348. The average Bonchev–Trinajstić information content (AvgIpc) is 2.90. The van der Waals surface area contributed by atoms with Gasteiger partial charge < -0.3 is 9.80 Å². The quantitative estimate of drug-likeness (QED) is 0.762. The number of guanidine groups is 1. The highest BCUT2D eigenvalue weighted by molar-refractivity contribution is 5.86. The second-order valence-electron chi connectivity index (χ2n) is 7.00. The molecule has 0 aromatic heterocycles. The summed E-state index contributed by atoms with van der Waals surface area (Å²) in [6, 6.07) is 21.4. The van der Waals surface area contributed by atoms with Crippen molar-refractivity contribution in [2.75, 3.05) is 14.1 Å². The van der Waals surface area contributed by atoms with E-state index < -0.39 is 0 Å². The van der Waals surface area contributed by atoms with E-state index in [1.807, 2.05) is 30.3 Å². The maximum absolute atomic E-state index is 4.97. The molecule has 136 valence electrons. The molecule has 0 radical (unpaired) electrons. The summed E-state index contributed by atoms with van der Waals surface area (Å²) >= 11 is 0. The van der Waals surface area contributed by atoms with Crippen LogP contribution < -0.4 is 0 Å². The summed E-state index contributed by atoms with van der Waals surface area (Å²) in [6.07, 6.45) is 12.0. The van der Waals surface area contributed by atoms with Crippen molar-refractivity contribution < 1.29 is 0 Å². The van der Waals surface area contributed by atoms with Gasteiger partial charge in [-0.1, -0.05) is 78.9 Å².